The summed E-state index contributed by atoms with van der Waals surface area (Å²) in [4.78, 5) is 0. The molecule has 1 unspecified atom stereocenters. The molecule has 1 aromatic carbocycles. The summed E-state index contributed by atoms with van der Waals surface area (Å²) in [5, 5.41) is 9.81. The molecule has 0 saturated carbocycles. The highest BCUT2D eigenvalue weighted by Crippen LogP contribution is 2.30. The minimum Gasteiger partial charge on any atom is -0.491 e. The Morgan fingerprint density at radius 2 is 1.70 bits per heavy atom. The zero-order valence-electron chi connectivity index (χ0n) is 15.5. The smallest absolute Gasteiger partial charge is 0.119 e. The fourth-order valence-corrected chi connectivity index (χ4v) is 2.51. The largest absolute Gasteiger partial charge is 0.491 e. The second-order valence-electron chi connectivity index (χ2n) is 7.21. The van der Waals surface area contributed by atoms with E-state index in [-0.39, 0.29) is 18.1 Å². The zero-order valence-corrected chi connectivity index (χ0v) is 15.5. The maximum Gasteiger partial charge on any atom is 0.119 e. The molecule has 1 atom stereocenters. The molecule has 0 fully saturated rings. The number of hydrogen-bond donors (Lipinski definition) is 1. The van der Waals surface area contributed by atoms with Crippen LogP contribution in [0, 0.1) is 0 Å². The van der Waals surface area contributed by atoms with Crippen molar-refractivity contribution in [3.8, 4) is 5.75 Å². The molecule has 1 rings (SSSR count). The highest BCUT2D eigenvalue weighted by atomic mass is 16.5. The Labute approximate surface area is 142 Å². The summed E-state index contributed by atoms with van der Waals surface area (Å²) in [6.07, 6.45) is 4.55. The lowest BCUT2D eigenvalue weighted by atomic mass is 9.80. The normalized spacial score (nSPS) is 13.3. The van der Waals surface area contributed by atoms with Gasteiger partial charge in [-0.1, -0.05) is 52.2 Å². The summed E-state index contributed by atoms with van der Waals surface area (Å²) in [5.41, 5.74) is 1.53. The van der Waals surface area contributed by atoms with E-state index in [1.807, 2.05) is 26.0 Å². The molecule has 0 bridgehead atoms. The minimum absolute atomic E-state index is 0.124. The average molecular weight is 322 g/mol. The van der Waals surface area contributed by atoms with E-state index in [9.17, 15) is 5.11 Å². The lowest BCUT2D eigenvalue weighted by Crippen LogP contribution is -2.25. The Balaban J connectivity index is 2.46. The van der Waals surface area contributed by atoms with Crippen LogP contribution in [0.1, 0.15) is 65.9 Å². The van der Waals surface area contributed by atoms with E-state index in [4.69, 9.17) is 9.47 Å². The SMILES string of the molecule is CCCCCC(C)(C)c1ccc(OCC(O)COC(C)C)cc1. The topological polar surface area (TPSA) is 38.7 Å². The molecular formula is C20H34O3. The van der Waals surface area contributed by atoms with Crippen molar-refractivity contribution in [1.29, 1.82) is 0 Å². The van der Waals surface area contributed by atoms with Gasteiger partial charge < -0.3 is 14.6 Å². The summed E-state index contributed by atoms with van der Waals surface area (Å²) in [6.45, 7) is 11.3. The standard InChI is InChI=1S/C20H34O3/c1-6-7-8-13-20(4,5)17-9-11-19(12-10-17)23-15-18(21)14-22-16(2)3/h9-12,16,18,21H,6-8,13-15H2,1-5H3. The van der Waals surface area contributed by atoms with Gasteiger partial charge in [0.05, 0.1) is 12.7 Å². The molecule has 132 valence electrons. The van der Waals surface area contributed by atoms with Crippen LogP contribution in [0.4, 0.5) is 0 Å². The Morgan fingerprint density at radius 1 is 1.04 bits per heavy atom. The molecule has 0 aliphatic heterocycles. The lowest BCUT2D eigenvalue weighted by Gasteiger charge is -2.25. The summed E-state index contributed by atoms with van der Waals surface area (Å²) >= 11 is 0. The number of hydrogen-bond acceptors (Lipinski definition) is 3. The van der Waals surface area contributed by atoms with E-state index in [0.29, 0.717) is 6.61 Å². The van der Waals surface area contributed by atoms with Crippen LogP contribution >= 0.6 is 0 Å². The molecule has 0 aromatic heterocycles. The first-order valence-electron chi connectivity index (χ1n) is 8.88. The summed E-state index contributed by atoms with van der Waals surface area (Å²) in [6, 6.07) is 8.26. The summed E-state index contributed by atoms with van der Waals surface area (Å²) < 4.78 is 11.0. The van der Waals surface area contributed by atoms with Gasteiger partial charge in [0.1, 0.15) is 18.5 Å². The molecule has 3 heteroatoms. The Kier molecular flexibility index (Phi) is 8.64. The minimum atomic E-state index is -0.595. The van der Waals surface area contributed by atoms with Gasteiger partial charge >= 0.3 is 0 Å². The highest BCUT2D eigenvalue weighted by Gasteiger charge is 2.19. The van der Waals surface area contributed by atoms with E-state index in [2.05, 4.69) is 32.9 Å². The first-order chi connectivity index (χ1) is 10.8. The van der Waals surface area contributed by atoms with Crippen LogP contribution in [-0.4, -0.2) is 30.5 Å². The predicted molar refractivity (Wildman–Crippen MR) is 96.2 cm³/mol. The molecule has 0 heterocycles. The summed E-state index contributed by atoms with van der Waals surface area (Å²) in [5.74, 6) is 0.793. The first-order valence-corrected chi connectivity index (χ1v) is 8.88. The Bertz CT molecular complexity index is 423. The molecule has 0 spiro atoms. The van der Waals surface area contributed by atoms with Crippen molar-refractivity contribution in [2.75, 3.05) is 13.2 Å². The van der Waals surface area contributed by atoms with Crippen molar-refractivity contribution < 1.29 is 14.6 Å². The van der Waals surface area contributed by atoms with Crippen molar-refractivity contribution in [2.24, 2.45) is 0 Å². The van der Waals surface area contributed by atoms with Gasteiger partial charge in [0.15, 0.2) is 0 Å². The third-order valence-electron chi connectivity index (χ3n) is 4.11. The molecule has 0 saturated heterocycles. The summed E-state index contributed by atoms with van der Waals surface area (Å²) in [7, 11) is 0. The molecule has 1 aromatic rings. The lowest BCUT2D eigenvalue weighted by molar-refractivity contribution is -0.0122. The fourth-order valence-electron chi connectivity index (χ4n) is 2.51. The molecule has 0 aliphatic rings. The van der Waals surface area contributed by atoms with E-state index in [1.165, 1.54) is 31.2 Å². The second kappa shape index (κ2) is 9.94. The number of ether oxygens (including phenoxy) is 2. The third-order valence-corrected chi connectivity index (χ3v) is 4.11. The molecule has 0 radical (unpaired) electrons. The van der Waals surface area contributed by atoms with Crippen LogP contribution in [0.25, 0.3) is 0 Å². The number of aliphatic hydroxyl groups is 1. The number of rotatable bonds is 11. The quantitative estimate of drug-likeness (QED) is 0.600. The van der Waals surface area contributed by atoms with E-state index in [0.717, 1.165) is 5.75 Å². The molecule has 23 heavy (non-hydrogen) atoms. The molecule has 0 aliphatic carbocycles. The average Bonchev–Trinajstić information content (AvgIpc) is 2.51. The van der Waals surface area contributed by atoms with Gasteiger partial charge in [-0.25, -0.2) is 0 Å². The van der Waals surface area contributed by atoms with Crippen LogP contribution in [0.3, 0.4) is 0 Å². The highest BCUT2D eigenvalue weighted by molar-refractivity contribution is 5.31. The van der Waals surface area contributed by atoms with Gasteiger partial charge in [-0.15, -0.1) is 0 Å². The maximum atomic E-state index is 9.81. The van der Waals surface area contributed by atoms with Crippen LogP contribution in [-0.2, 0) is 10.2 Å². The van der Waals surface area contributed by atoms with Crippen LogP contribution in [0.2, 0.25) is 0 Å². The van der Waals surface area contributed by atoms with Gasteiger partial charge in [0, 0.05) is 0 Å². The molecular weight excluding hydrogens is 288 g/mol. The maximum absolute atomic E-state index is 9.81. The van der Waals surface area contributed by atoms with Crippen LogP contribution in [0.15, 0.2) is 24.3 Å². The first kappa shape index (κ1) is 20.0. The van der Waals surface area contributed by atoms with Gasteiger partial charge in [0.2, 0.25) is 0 Å². The van der Waals surface area contributed by atoms with E-state index >= 15 is 0 Å². The Morgan fingerprint density at radius 3 is 2.26 bits per heavy atom. The molecule has 3 nitrogen and oxygen atoms in total. The van der Waals surface area contributed by atoms with Gasteiger partial charge in [0.25, 0.3) is 0 Å². The number of aliphatic hydroxyl groups excluding tert-OH is 1. The predicted octanol–water partition coefficient (Wildman–Crippen LogP) is 4.71. The van der Waals surface area contributed by atoms with Crippen molar-refractivity contribution in [2.45, 2.75) is 77.9 Å². The zero-order chi connectivity index (χ0) is 17.3. The van der Waals surface area contributed by atoms with Gasteiger partial charge in [-0.3, -0.25) is 0 Å². The van der Waals surface area contributed by atoms with Crippen molar-refractivity contribution >= 4 is 0 Å². The van der Waals surface area contributed by atoms with E-state index < -0.39 is 6.10 Å². The van der Waals surface area contributed by atoms with Crippen molar-refractivity contribution in [3.05, 3.63) is 29.8 Å². The van der Waals surface area contributed by atoms with Crippen LogP contribution in [0.5, 0.6) is 5.75 Å². The van der Waals surface area contributed by atoms with Gasteiger partial charge in [-0.2, -0.15) is 0 Å². The van der Waals surface area contributed by atoms with Crippen molar-refractivity contribution in [3.63, 3.8) is 0 Å². The fraction of sp³-hybridized carbons (Fsp3) is 0.700. The van der Waals surface area contributed by atoms with Crippen molar-refractivity contribution in [1.82, 2.24) is 0 Å². The Hall–Kier alpha value is -1.06. The van der Waals surface area contributed by atoms with Gasteiger partial charge in [-0.05, 0) is 43.4 Å². The molecule has 0 amide bonds. The third kappa shape index (κ3) is 7.85. The van der Waals surface area contributed by atoms with E-state index in [1.54, 1.807) is 0 Å². The molecule has 1 N–H and O–H groups in total. The number of unbranched alkanes of at least 4 members (excludes halogenated alkanes) is 2. The monoisotopic (exact) mass is 322 g/mol. The van der Waals surface area contributed by atoms with Crippen LogP contribution < -0.4 is 4.74 Å². The number of benzene rings is 1. The second-order valence-corrected chi connectivity index (χ2v) is 7.21.